The van der Waals surface area contributed by atoms with Crippen molar-refractivity contribution in [3.63, 3.8) is 0 Å². The molecule has 0 atom stereocenters. The summed E-state index contributed by atoms with van der Waals surface area (Å²) in [6.45, 7) is 0.581. The summed E-state index contributed by atoms with van der Waals surface area (Å²) in [5.41, 5.74) is 0.669. The summed E-state index contributed by atoms with van der Waals surface area (Å²) in [7, 11) is 3.65. The SMILES string of the molecule is CCCCN(C)C(=NC)NCc1ccccc1OC(F)F.I. The Bertz CT molecular complexity index is 458. The maximum atomic E-state index is 12.4. The largest absolute Gasteiger partial charge is 0.434 e. The van der Waals surface area contributed by atoms with E-state index in [-0.39, 0.29) is 29.7 Å². The lowest BCUT2D eigenvalue weighted by atomic mass is 10.2. The van der Waals surface area contributed by atoms with Crippen molar-refractivity contribution < 1.29 is 13.5 Å². The molecule has 22 heavy (non-hydrogen) atoms. The Labute approximate surface area is 148 Å². The molecule has 1 aromatic carbocycles. The fraction of sp³-hybridized carbons (Fsp3) is 0.533. The van der Waals surface area contributed by atoms with Crippen LogP contribution in [0.3, 0.4) is 0 Å². The normalized spacial score (nSPS) is 11.1. The number of alkyl halides is 2. The van der Waals surface area contributed by atoms with Gasteiger partial charge in [0, 0.05) is 32.7 Å². The van der Waals surface area contributed by atoms with E-state index in [1.807, 2.05) is 11.9 Å². The molecule has 0 aliphatic rings. The van der Waals surface area contributed by atoms with Gasteiger partial charge in [-0.1, -0.05) is 31.5 Å². The van der Waals surface area contributed by atoms with Gasteiger partial charge in [0.15, 0.2) is 5.96 Å². The van der Waals surface area contributed by atoms with Crippen LogP contribution in [0.15, 0.2) is 29.3 Å². The van der Waals surface area contributed by atoms with E-state index in [0.29, 0.717) is 12.1 Å². The van der Waals surface area contributed by atoms with Gasteiger partial charge in [-0.3, -0.25) is 4.99 Å². The van der Waals surface area contributed by atoms with Gasteiger partial charge in [0.1, 0.15) is 5.75 Å². The number of unbranched alkanes of at least 4 members (excludes halogenated alkanes) is 1. The highest BCUT2D eigenvalue weighted by atomic mass is 127. The molecule has 7 heteroatoms. The Morgan fingerprint density at radius 1 is 1.36 bits per heavy atom. The van der Waals surface area contributed by atoms with Crippen molar-refractivity contribution in [2.24, 2.45) is 4.99 Å². The summed E-state index contributed by atoms with van der Waals surface area (Å²) in [5, 5.41) is 3.16. The predicted octanol–water partition coefficient (Wildman–Crippen LogP) is 3.71. The highest BCUT2D eigenvalue weighted by molar-refractivity contribution is 14.0. The van der Waals surface area contributed by atoms with Crippen LogP contribution in [0.4, 0.5) is 8.78 Å². The number of nitrogens with zero attached hydrogens (tertiary/aromatic N) is 2. The lowest BCUT2D eigenvalue weighted by molar-refractivity contribution is -0.0504. The van der Waals surface area contributed by atoms with E-state index in [4.69, 9.17) is 0 Å². The van der Waals surface area contributed by atoms with Crippen LogP contribution in [0.5, 0.6) is 5.75 Å². The van der Waals surface area contributed by atoms with Gasteiger partial charge in [0.25, 0.3) is 0 Å². The minimum atomic E-state index is -2.82. The number of hydrogen-bond acceptors (Lipinski definition) is 2. The molecular weight excluding hydrogens is 403 g/mol. The summed E-state index contributed by atoms with van der Waals surface area (Å²) in [6, 6.07) is 6.75. The topological polar surface area (TPSA) is 36.9 Å². The van der Waals surface area contributed by atoms with E-state index < -0.39 is 6.61 Å². The lowest BCUT2D eigenvalue weighted by Gasteiger charge is -2.22. The minimum Gasteiger partial charge on any atom is -0.434 e. The van der Waals surface area contributed by atoms with Crippen LogP contribution in [0.25, 0.3) is 0 Å². The van der Waals surface area contributed by atoms with Crippen molar-refractivity contribution in [1.82, 2.24) is 10.2 Å². The number of halogens is 3. The molecule has 0 unspecified atom stereocenters. The number of nitrogens with one attached hydrogen (secondary N) is 1. The summed E-state index contributed by atoms with van der Waals surface area (Å²) in [6.07, 6.45) is 2.18. The first-order valence-corrected chi connectivity index (χ1v) is 7.03. The van der Waals surface area contributed by atoms with Crippen molar-refractivity contribution in [2.75, 3.05) is 20.6 Å². The molecule has 0 saturated carbocycles. The first kappa shape index (κ1) is 20.9. The van der Waals surface area contributed by atoms with Crippen LogP contribution in [-0.2, 0) is 6.54 Å². The first-order valence-electron chi connectivity index (χ1n) is 7.03. The lowest BCUT2D eigenvalue weighted by Crippen LogP contribution is -2.39. The molecule has 0 amide bonds. The average molecular weight is 427 g/mol. The smallest absolute Gasteiger partial charge is 0.387 e. The molecule has 0 spiro atoms. The summed E-state index contributed by atoms with van der Waals surface area (Å²) < 4.78 is 29.2. The van der Waals surface area contributed by atoms with Gasteiger partial charge in [-0.2, -0.15) is 8.78 Å². The van der Waals surface area contributed by atoms with E-state index in [1.54, 1.807) is 25.2 Å². The van der Waals surface area contributed by atoms with Gasteiger partial charge in [0.2, 0.25) is 0 Å². The number of hydrogen-bond donors (Lipinski definition) is 1. The third-order valence-corrected chi connectivity index (χ3v) is 3.05. The van der Waals surface area contributed by atoms with E-state index >= 15 is 0 Å². The van der Waals surface area contributed by atoms with Crippen LogP contribution in [-0.4, -0.2) is 38.1 Å². The second-order valence-electron chi connectivity index (χ2n) is 4.66. The van der Waals surface area contributed by atoms with Crippen molar-refractivity contribution in [3.8, 4) is 5.75 Å². The fourth-order valence-electron chi connectivity index (χ4n) is 1.92. The highest BCUT2D eigenvalue weighted by Crippen LogP contribution is 2.19. The van der Waals surface area contributed by atoms with Crippen LogP contribution < -0.4 is 10.1 Å². The van der Waals surface area contributed by atoms with Gasteiger partial charge < -0.3 is 15.0 Å². The van der Waals surface area contributed by atoms with Crippen molar-refractivity contribution in [1.29, 1.82) is 0 Å². The molecule has 1 aromatic rings. The standard InChI is InChI=1S/C15H23F2N3O.HI/c1-4-5-10-20(3)15(18-2)19-11-12-8-6-7-9-13(12)21-14(16)17;/h6-9,14H,4-5,10-11H2,1-3H3,(H,18,19);1H. The third kappa shape index (κ3) is 7.24. The summed E-state index contributed by atoms with van der Waals surface area (Å²) in [5.74, 6) is 0.918. The Hall–Kier alpha value is -1.12. The molecule has 4 nitrogen and oxygen atoms in total. The number of aliphatic imine (C=N–C) groups is 1. The number of rotatable bonds is 7. The molecule has 0 aliphatic carbocycles. The van der Waals surface area contributed by atoms with Crippen molar-refractivity contribution in [2.45, 2.75) is 32.9 Å². The van der Waals surface area contributed by atoms with Gasteiger partial charge in [-0.15, -0.1) is 24.0 Å². The molecule has 0 fully saturated rings. The van der Waals surface area contributed by atoms with Gasteiger partial charge >= 0.3 is 6.61 Å². The van der Waals surface area contributed by atoms with E-state index in [2.05, 4.69) is 22.0 Å². The molecule has 1 rings (SSSR count). The zero-order valence-corrected chi connectivity index (χ0v) is 15.5. The predicted molar refractivity (Wildman–Crippen MR) is 96.2 cm³/mol. The van der Waals surface area contributed by atoms with Crippen LogP contribution >= 0.6 is 24.0 Å². The molecule has 0 aliphatic heterocycles. The minimum absolute atomic E-state index is 0. The Morgan fingerprint density at radius 3 is 2.64 bits per heavy atom. The summed E-state index contributed by atoms with van der Waals surface area (Å²) in [4.78, 5) is 6.20. The maximum Gasteiger partial charge on any atom is 0.387 e. The zero-order chi connectivity index (χ0) is 15.7. The molecular formula is C15H24F2IN3O. The number of benzene rings is 1. The average Bonchev–Trinajstić information content (AvgIpc) is 2.46. The molecule has 1 N–H and O–H groups in total. The highest BCUT2D eigenvalue weighted by Gasteiger charge is 2.10. The number of guanidine groups is 1. The van der Waals surface area contributed by atoms with E-state index in [1.165, 1.54) is 6.07 Å². The van der Waals surface area contributed by atoms with Gasteiger partial charge in [-0.05, 0) is 12.5 Å². The Kier molecular flexibility index (Phi) is 10.9. The van der Waals surface area contributed by atoms with Gasteiger partial charge in [0.05, 0.1) is 0 Å². The maximum absolute atomic E-state index is 12.4. The second-order valence-corrected chi connectivity index (χ2v) is 4.66. The monoisotopic (exact) mass is 427 g/mol. The number of para-hydroxylation sites is 1. The van der Waals surface area contributed by atoms with Crippen LogP contribution in [0, 0.1) is 0 Å². The summed E-state index contributed by atoms with van der Waals surface area (Å²) >= 11 is 0. The molecule has 126 valence electrons. The molecule has 0 heterocycles. The fourth-order valence-corrected chi connectivity index (χ4v) is 1.92. The Balaban J connectivity index is 0.00000441. The zero-order valence-electron chi connectivity index (χ0n) is 13.2. The first-order chi connectivity index (χ1) is 10.1. The Morgan fingerprint density at radius 2 is 2.05 bits per heavy atom. The molecule has 0 saturated heterocycles. The molecule has 0 radical (unpaired) electrons. The van der Waals surface area contributed by atoms with Crippen molar-refractivity contribution >= 4 is 29.9 Å². The van der Waals surface area contributed by atoms with E-state index in [0.717, 1.165) is 25.3 Å². The van der Waals surface area contributed by atoms with Crippen LogP contribution in [0.2, 0.25) is 0 Å². The molecule has 0 bridgehead atoms. The second kappa shape index (κ2) is 11.4. The molecule has 0 aromatic heterocycles. The van der Waals surface area contributed by atoms with Crippen molar-refractivity contribution in [3.05, 3.63) is 29.8 Å². The quantitative estimate of drug-likeness (QED) is 0.410. The number of ether oxygens (including phenoxy) is 1. The van der Waals surface area contributed by atoms with Gasteiger partial charge in [-0.25, -0.2) is 0 Å². The third-order valence-electron chi connectivity index (χ3n) is 3.05. The van der Waals surface area contributed by atoms with Crippen LogP contribution in [0.1, 0.15) is 25.3 Å². The van der Waals surface area contributed by atoms with E-state index in [9.17, 15) is 8.78 Å².